The van der Waals surface area contributed by atoms with Crippen LogP contribution in [0.4, 0.5) is 0 Å². The van der Waals surface area contributed by atoms with Crippen molar-refractivity contribution in [1.29, 1.82) is 0 Å². The fourth-order valence-corrected chi connectivity index (χ4v) is 6.81. The molecule has 0 aliphatic heterocycles. The predicted molar refractivity (Wildman–Crippen MR) is 199 cm³/mol. The monoisotopic (exact) mass is 626 g/mol. The van der Waals surface area contributed by atoms with E-state index >= 15 is 0 Å². The second-order valence-corrected chi connectivity index (χ2v) is 12.3. The first-order valence-corrected chi connectivity index (χ1v) is 16.3. The molecule has 0 bridgehead atoms. The average Bonchev–Trinajstić information content (AvgIpc) is 3.55. The van der Waals surface area contributed by atoms with E-state index in [-0.39, 0.29) is 0 Å². The maximum Gasteiger partial charge on any atom is 0.160 e. The van der Waals surface area contributed by atoms with E-state index in [1.54, 1.807) is 0 Å². The third-order valence-electron chi connectivity index (χ3n) is 9.26. The van der Waals surface area contributed by atoms with Crippen molar-refractivity contribution in [3.05, 3.63) is 158 Å². The number of fused-ring (bicyclic) bond motifs is 7. The van der Waals surface area contributed by atoms with Gasteiger partial charge < -0.3 is 4.42 Å². The van der Waals surface area contributed by atoms with Crippen molar-refractivity contribution in [2.24, 2.45) is 0 Å². The Morgan fingerprint density at radius 1 is 0.367 bits per heavy atom. The fraction of sp³-hybridized carbons (Fsp3) is 0. The van der Waals surface area contributed by atoms with Crippen LogP contribution in [-0.2, 0) is 0 Å². The van der Waals surface area contributed by atoms with Crippen LogP contribution in [0, 0.1) is 0 Å². The van der Waals surface area contributed by atoms with Gasteiger partial charge in [-0.1, -0.05) is 109 Å². The molecule has 4 heterocycles. The van der Waals surface area contributed by atoms with E-state index in [4.69, 9.17) is 24.4 Å². The van der Waals surface area contributed by atoms with Crippen LogP contribution in [0.15, 0.2) is 162 Å². The Morgan fingerprint density at radius 3 is 1.82 bits per heavy atom. The Hall–Kier alpha value is -6.72. The van der Waals surface area contributed by atoms with E-state index in [1.807, 2.05) is 66.7 Å². The van der Waals surface area contributed by atoms with Crippen LogP contribution in [0.5, 0.6) is 0 Å². The van der Waals surface area contributed by atoms with Crippen molar-refractivity contribution in [1.82, 2.24) is 19.9 Å². The summed E-state index contributed by atoms with van der Waals surface area (Å²) in [6, 6.07) is 53.9. The SMILES string of the molecule is c1ccc(-c2ccc3ccc4ccc(-c5cccc(-c6nc(-c7ccc8oc9ccccc9c8c7)nc7ccccc67)c5)nc4c3n2)cc1. The maximum absolute atomic E-state index is 6.09. The highest BCUT2D eigenvalue weighted by Crippen LogP contribution is 2.35. The van der Waals surface area contributed by atoms with Crippen LogP contribution < -0.4 is 0 Å². The number of pyridine rings is 2. The molecule has 5 heteroatoms. The van der Waals surface area contributed by atoms with Crippen molar-refractivity contribution >= 4 is 54.6 Å². The van der Waals surface area contributed by atoms with E-state index < -0.39 is 0 Å². The number of benzene rings is 6. The second-order valence-electron chi connectivity index (χ2n) is 12.3. The molecular formula is C44H26N4O. The van der Waals surface area contributed by atoms with Gasteiger partial charge in [-0.2, -0.15) is 0 Å². The minimum Gasteiger partial charge on any atom is -0.456 e. The molecule has 5 nitrogen and oxygen atoms in total. The lowest BCUT2D eigenvalue weighted by Crippen LogP contribution is -1.95. The zero-order chi connectivity index (χ0) is 32.3. The van der Waals surface area contributed by atoms with Crippen LogP contribution in [0.3, 0.4) is 0 Å². The van der Waals surface area contributed by atoms with E-state index in [9.17, 15) is 0 Å². The van der Waals surface area contributed by atoms with Gasteiger partial charge in [0.1, 0.15) is 11.2 Å². The van der Waals surface area contributed by atoms with Crippen LogP contribution in [0.25, 0.3) is 99.8 Å². The van der Waals surface area contributed by atoms with Gasteiger partial charge in [-0.3, -0.25) is 0 Å². The van der Waals surface area contributed by atoms with E-state index in [2.05, 4.69) is 91.0 Å². The van der Waals surface area contributed by atoms with Crippen molar-refractivity contribution in [3.63, 3.8) is 0 Å². The molecule has 0 aliphatic rings. The molecule has 0 fully saturated rings. The molecule has 0 atom stereocenters. The molecule has 0 aliphatic carbocycles. The minimum atomic E-state index is 0.668. The Kier molecular flexibility index (Phi) is 6.11. The van der Waals surface area contributed by atoms with Gasteiger partial charge in [0.05, 0.1) is 33.6 Å². The highest BCUT2D eigenvalue weighted by Gasteiger charge is 2.15. The average molecular weight is 627 g/mol. The molecule has 0 amide bonds. The van der Waals surface area contributed by atoms with Crippen LogP contribution in [-0.4, -0.2) is 19.9 Å². The predicted octanol–water partition coefficient (Wildman–Crippen LogP) is 11.3. The van der Waals surface area contributed by atoms with Gasteiger partial charge in [0.25, 0.3) is 0 Å². The van der Waals surface area contributed by atoms with Gasteiger partial charge in [0, 0.05) is 49.2 Å². The number of aromatic nitrogens is 4. The van der Waals surface area contributed by atoms with E-state index in [0.717, 1.165) is 94.0 Å². The lowest BCUT2D eigenvalue weighted by atomic mass is 10.0. The van der Waals surface area contributed by atoms with Crippen LogP contribution >= 0.6 is 0 Å². The summed E-state index contributed by atoms with van der Waals surface area (Å²) in [6.45, 7) is 0. The van der Waals surface area contributed by atoms with Crippen LogP contribution in [0.2, 0.25) is 0 Å². The summed E-state index contributed by atoms with van der Waals surface area (Å²) >= 11 is 0. The van der Waals surface area contributed by atoms with E-state index in [0.29, 0.717) is 5.82 Å². The summed E-state index contributed by atoms with van der Waals surface area (Å²) < 4.78 is 6.09. The molecule has 49 heavy (non-hydrogen) atoms. The van der Waals surface area contributed by atoms with Gasteiger partial charge in [-0.25, -0.2) is 19.9 Å². The van der Waals surface area contributed by atoms with Crippen molar-refractivity contribution in [3.8, 4) is 45.2 Å². The fourth-order valence-electron chi connectivity index (χ4n) is 6.81. The molecule has 6 aromatic carbocycles. The Morgan fingerprint density at radius 2 is 1.00 bits per heavy atom. The first kappa shape index (κ1) is 27.4. The number of hydrogen-bond acceptors (Lipinski definition) is 5. The highest BCUT2D eigenvalue weighted by atomic mass is 16.3. The van der Waals surface area contributed by atoms with Gasteiger partial charge in [0.15, 0.2) is 5.82 Å². The molecule has 0 saturated heterocycles. The third kappa shape index (κ3) is 4.63. The molecule has 0 saturated carbocycles. The molecule has 0 spiro atoms. The number of hydrogen-bond donors (Lipinski definition) is 0. The lowest BCUT2D eigenvalue weighted by Gasteiger charge is -2.11. The topological polar surface area (TPSA) is 64.7 Å². The van der Waals surface area contributed by atoms with E-state index in [1.165, 1.54) is 0 Å². The molecule has 0 N–H and O–H groups in total. The summed E-state index contributed by atoms with van der Waals surface area (Å²) in [6.07, 6.45) is 0. The lowest BCUT2D eigenvalue weighted by molar-refractivity contribution is 0.669. The van der Waals surface area contributed by atoms with Gasteiger partial charge in [-0.05, 0) is 48.5 Å². The number of para-hydroxylation sites is 2. The molecular weight excluding hydrogens is 601 g/mol. The van der Waals surface area contributed by atoms with Gasteiger partial charge in [0.2, 0.25) is 0 Å². The van der Waals surface area contributed by atoms with Crippen molar-refractivity contribution < 1.29 is 4.42 Å². The summed E-state index contributed by atoms with van der Waals surface area (Å²) in [7, 11) is 0. The second kappa shape index (κ2) is 10.9. The van der Waals surface area contributed by atoms with Gasteiger partial charge >= 0.3 is 0 Å². The zero-order valence-corrected chi connectivity index (χ0v) is 26.2. The maximum atomic E-state index is 6.09. The summed E-state index contributed by atoms with van der Waals surface area (Å²) in [5.41, 5.74) is 11.1. The third-order valence-corrected chi connectivity index (χ3v) is 9.26. The molecule has 10 rings (SSSR count). The zero-order valence-electron chi connectivity index (χ0n) is 26.2. The number of furan rings is 1. The van der Waals surface area contributed by atoms with Crippen LogP contribution in [0.1, 0.15) is 0 Å². The normalized spacial score (nSPS) is 11.7. The van der Waals surface area contributed by atoms with Crippen molar-refractivity contribution in [2.45, 2.75) is 0 Å². The summed E-state index contributed by atoms with van der Waals surface area (Å²) in [5, 5.41) is 5.24. The number of nitrogens with zero attached hydrogens (tertiary/aromatic N) is 4. The first-order chi connectivity index (χ1) is 24.2. The highest BCUT2D eigenvalue weighted by molar-refractivity contribution is 6.07. The molecule has 10 aromatic rings. The van der Waals surface area contributed by atoms with Gasteiger partial charge in [-0.15, -0.1) is 0 Å². The quantitative estimate of drug-likeness (QED) is 0.182. The van der Waals surface area contributed by atoms with Crippen molar-refractivity contribution in [2.75, 3.05) is 0 Å². The molecule has 228 valence electrons. The molecule has 0 radical (unpaired) electrons. The minimum absolute atomic E-state index is 0.668. The summed E-state index contributed by atoms with van der Waals surface area (Å²) in [5.74, 6) is 0.668. The molecule has 0 unspecified atom stereocenters. The number of rotatable bonds is 4. The largest absolute Gasteiger partial charge is 0.456 e. The first-order valence-electron chi connectivity index (χ1n) is 16.3. The summed E-state index contributed by atoms with van der Waals surface area (Å²) in [4.78, 5) is 20.5. The Bertz CT molecular complexity index is 2890. The Labute approximate surface area is 281 Å². The Balaban J connectivity index is 1.11. The smallest absolute Gasteiger partial charge is 0.160 e. The standard InChI is InChI=1S/C44H26N4O/c1-2-9-27(10-3-1)36-22-19-28-17-18-29-20-23-37(46-43(29)42(28)45-36)30-11-8-12-31(25-30)41-34-14-4-6-15-38(34)47-44(48-41)32-21-24-40-35(26-32)33-13-5-7-16-39(33)49-40/h1-26H. The molecule has 4 aromatic heterocycles.